The van der Waals surface area contributed by atoms with Crippen LogP contribution >= 0.6 is 11.6 Å². The molecule has 3 aromatic rings. The van der Waals surface area contributed by atoms with Crippen LogP contribution in [0.3, 0.4) is 0 Å². The van der Waals surface area contributed by atoms with E-state index in [1.807, 2.05) is 91.9 Å². The molecule has 0 radical (unpaired) electrons. The van der Waals surface area contributed by atoms with Crippen LogP contribution in [0.1, 0.15) is 18.1 Å². The highest BCUT2D eigenvalue weighted by molar-refractivity contribution is 6.32. The van der Waals surface area contributed by atoms with Gasteiger partial charge in [-0.15, -0.1) is 0 Å². The predicted molar refractivity (Wildman–Crippen MR) is 117 cm³/mol. The highest BCUT2D eigenvalue weighted by atomic mass is 35.5. The van der Waals surface area contributed by atoms with Gasteiger partial charge in [0.15, 0.2) is 0 Å². The molecule has 1 amide bonds. The molecular weight excluding hydrogens is 384 g/mol. The molecule has 0 atom stereocenters. The summed E-state index contributed by atoms with van der Waals surface area (Å²) in [6.45, 7) is 2.25. The number of rotatable bonds is 5. The van der Waals surface area contributed by atoms with Crippen LogP contribution in [0.4, 0.5) is 5.69 Å². The number of hydrogen-bond donors (Lipinski definition) is 0. The second kappa shape index (κ2) is 8.33. The van der Waals surface area contributed by atoms with Gasteiger partial charge < -0.3 is 4.74 Å². The number of ether oxygens (including phenoxy) is 1. The quantitative estimate of drug-likeness (QED) is 0.512. The number of carbonyl (C=O) groups excluding carboxylic acids is 1. The normalized spacial score (nSPS) is 15.0. The van der Waals surface area contributed by atoms with Crippen LogP contribution in [-0.2, 0) is 11.4 Å². The number of hydrazone groups is 1. The van der Waals surface area contributed by atoms with E-state index in [0.717, 1.165) is 16.8 Å². The molecular formula is C24H19ClN2O2. The molecule has 29 heavy (non-hydrogen) atoms. The molecule has 144 valence electrons. The Labute approximate surface area is 174 Å². The van der Waals surface area contributed by atoms with Crippen LogP contribution < -0.4 is 9.75 Å². The van der Waals surface area contributed by atoms with E-state index in [1.165, 1.54) is 5.01 Å². The lowest BCUT2D eigenvalue weighted by atomic mass is 10.1. The first-order valence-electron chi connectivity index (χ1n) is 9.25. The number of benzene rings is 3. The Hall–Kier alpha value is -3.37. The maximum atomic E-state index is 12.9. The Morgan fingerprint density at radius 1 is 0.966 bits per heavy atom. The zero-order valence-corrected chi connectivity index (χ0v) is 16.6. The van der Waals surface area contributed by atoms with Crippen LogP contribution in [-0.4, -0.2) is 11.6 Å². The van der Waals surface area contributed by atoms with Crippen LogP contribution in [0, 0.1) is 0 Å². The molecule has 0 saturated carbocycles. The molecule has 0 spiro atoms. The Bertz CT molecular complexity index is 1090. The van der Waals surface area contributed by atoms with Gasteiger partial charge in [0.1, 0.15) is 12.4 Å². The van der Waals surface area contributed by atoms with Crippen molar-refractivity contribution in [2.75, 3.05) is 5.01 Å². The van der Waals surface area contributed by atoms with Crippen molar-refractivity contribution in [1.82, 2.24) is 0 Å². The summed E-state index contributed by atoms with van der Waals surface area (Å²) in [5.74, 6) is 0.551. The molecule has 0 bridgehead atoms. The number of hydrogen-bond acceptors (Lipinski definition) is 3. The summed E-state index contributed by atoms with van der Waals surface area (Å²) in [7, 11) is 0. The minimum absolute atomic E-state index is 0.152. The van der Waals surface area contributed by atoms with E-state index < -0.39 is 0 Å². The summed E-state index contributed by atoms with van der Waals surface area (Å²) in [6.07, 6.45) is 1.83. The first kappa shape index (κ1) is 19.0. The molecule has 1 aliphatic heterocycles. The average Bonchev–Trinajstić information content (AvgIpc) is 3.03. The van der Waals surface area contributed by atoms with Crippen molar-refractivity contribution in [2.24, 2.45) is 5.10 Å². The lowest BCUT2D eigenvalue weighted by molar-refractivity contribution is -0.114. The summed E-state index contributed by atoms with van der Waals surface area (Å²) in [4.78, 5) is 12.9. The Morgan fingerprint density at radius 3 is 2.41 bits per heavy atom. The van der Waals surface area contributed by atoms with E-state index in [0.29, 0.717) is 28.7 Å². The largest absolute Gasteiger partial charge is 0.488 e. The van der Waals surface area contributed by atoms with E-state index >= 15 is 0 Å². The van der Waals surface area contributed by atoms with Crippen LogP contribution in [0.2, 0.25) is 5.02 Å². The fraction of sp³-hybridized carbons (Fsp3) is 0.0833. The second-order valence-electron chi connectivity index (χ2n) is 6.65. The van der Waals surface area contributed by atoms with E-state index in [2.05, 4.69) is 5.10 Å². The number of halogens is 1. The van der Waals surface area contributed by atoms with Gasteiger partial charge in [0.2, 0.25) is 0 Å². The number of nitrogens with zero attached hydrogens (tertiary/aromatic N) is 2. The smallest absolute Gasteiger partial charge is 0.280 e. The first-order valence-corrected chi connectivity index (χ1v) is 9.62. The van der Waals surface area contributed by atoms with Gasteiger partial charge in [-0.25, -0.2) is 0 Å². The van der Waals surface area contributed by atoms with Crippen molar-refractivity contribution in [3.8, 4) is 5.75 Å². The predicted octanol–water partition coefficient (Wildman–Crippen LogP) is 5.73. The number of anilines is 1. The number of para-hydroxylation sites is 2. The highest BCUT2D eigenvalue weighted by Crippen LogP contribution is 2.28. The Morgan fingerprint density at radius 2 is 1.66 bits per heavy atom. The van der Waals surface area contributed by atoms with E-state index in [9.17, 15) is 4.79 Å². The highest BCUT2D eigenvalue weighted by Gasteiger charge is 2.28. The molecule has 4 rings (SSSR count). The second-order valence-corrected chi connectivity index (χ2v) is 7.09. The summed E-state index contributed by atoms with van der Waals surface area (Å²) in [5, 5.41) is 6.55. The van der Waals surface area contributed by atoms with Gasteiger partial charge >= 0.3 is 0 Å². The SMILES string of the molecule is CC1=NN(c2ccccc2)C(=O)C1=Cc1ccccc1OCc1ccc(Cl)cc1. The van der Waals surface area contributed by atoms with Gasteiger partial charge in [0, 0.05) is 10.6 Å². The van der Waals surface area contributed by atoms with Gasteiger partial charge in [0.05, 0.1) is 17.0 Å². The maximum absolute atomic E-state index is 12.9. The molecule has 3 aromatic carbocycles. The van der Waals surface area contributed by atoms with Gasteiger partial charge in [-0.3, -0.25) is 4.79 Å². The standard InChI is InChI=1S/C24H19ClN2O2/c1-17-22(24(28)27(26-17)21-8-3-2-4-9-21)15-19-7-5-6-10-23(19)29-16-18-11-13-20(25)14-12-18/h2-15H,16H2,1H3. The average molecular weight is 403 g/mol. The Kier molecular flexibility index (Phi) is 5.45. The monoisotopic (exact) mass is 402 g/mol. The van der Waals surface area contributed by atoms with Crippen LogP contribution in [0.15, 0.2) is 89.5 Å². The summed E-state index contributed by atoms with van der Waals surface area (Å²) < 4.78 is 6.00. The van der Waals surface area contributed by atoms with Crippen molar-refractivity contribution in [2.45, 2.75) is 13.5 Å². The molecule has 0 aromatic heterocycles. The molecule has 1 aliphatic rings. The van der Waals surface area contributed by atoms with E-state index in [-0.39, 0.29) is 5.91 Å². The van der Waals surface area contributed by atoms with E-state index in [4.69, 9.17) is 16.3 Å². The van der Waals surface area contributed by atoms with Gasteiger partial charge in [0.25, 0.3) is 5.91 Å². The summed E-state index contributed by atoms with van der Waals surface area (Å²) in [6, 6.07) is 24.6. The molecule has 0 unspecified atom stereocenters. The maximum Gasteiger partial charge on any atom is 0.280 e. The molecule has 0 saturated heterocycles. The third kappa shape index (κ3) is 4.23. The van der Waals surface area contributed by atoms with E-state index in [1.54, 1.807) is 0 Å². The van der Waals surface area contributed by atoms with Crippen molar-refractivity contribution in [1.29, 1.82) is 0 Å². The molecule has 0 fully saturated rings. The fourth-order valence-corrected chi connectivity index (χ4v) is 3.18. The van der Waals surface area contributed by atoms with Crippen LogP contribution in [0.5, 0.6) is 5.75 Å². The van der Waals surface area contributed by atoms with Crippen molar-refractivity contribution in [3.63, 3.8) is 0 Å². The van der Waals surface area contributed by atoms with Gasteiger partial charge in [-0.2, -0.15) is 10.1 Å². The minimum Gasteiger partial charge on any atom is -0.488 e. The number of amides is 1. The first-order chi connectivity index (χ1) is 14.1. The lowest BCUT2D eigenvalue weighted by Gasteiger charge is -2.12. The Balaban J connectivity index is 1.57. The third-order valence-corrected chi connectivity index (χ3v) is 4.84. The van der Waals surface area contributed by atoms with Crippen molar-refractivity contribution in [3.05, 3.63) is 101 Å². The van der Waals surface area contributed by atoms with Crippen molar-refractivity contribution >= 4 is 35.0 Å². The zero-order valence-electron chi connectivity index (χ0n) is 15.9. The topological polar surface area (TPSA) is 41.9 Å². The minimum atomic E-state index is -0.152. The molecule has 1 heterocycles. The summed E-state index contributed by atoms with van der Waals surface area (Å²) in [5.41, 5.74) is 3.81. The molecule has 5 heteroatoms. The fourth-order valence-electron chi connectivity index (χ4n) is 3.06. The molecule has 0 N–H and O–H groups in total. The van der Waals surface area contributed by atoms with Gasteiger partial charge in [-0.05, 0) is 48.9 Å². The number of carbonyl (C=O) groups is 1. The van der Waals surface area contributed by atoms with Crippen LogP contribution in [0.25, 0.3) is 6.08 Å². The van der Waals surface area contributed by atoms with Gasteiger partial charge in [-0.1, -0.05) is 60.1 Å². The van der Waals surface area contributed by atoms with Crippen molar-refractivity contribution < 1.29 is 9.53 Å². The summed E-state index contributed by atoms with van der Waals surface area (Å²) >= 11 is 5.94. The molecule has 0 aliphatic carbocycles. The molecule has 4 nitrogen and oxygen atoms in total. The zero-order chi connectivity index (χ0) is 20.2. The third-order valence-electron chi connectivity index (χ3n) is 4.59. The lowest BCUT2D eigenvalue weighted by Crippen LogP contribution is -2.21.